The Morgan fingerprint density at radius 1 is 1.11 bits per heavy atom. The number of anilines is 1. The van der Waals surface area contributed by atoms with Crippen molar-refractivity contribution in [3.63, 3.8) is 0 Å². The molecule has 0 amide bonds. The van der Waals surface area contributed by atoms with Gasteiger partial charge in [0, 0.05) is 25.6 Å². The van der Waals surface area contributed by atoms with Gasteiger partial charge in [-0.25, -0.2) is 4.68 Å². The second kappa shape index (κ2) is 8.04. The average Bonchev–Trinajstić information content (AvgIpc) is 2.70. The number of rotatable bonds is 5. The van der Waals surface area contributed by atoms with Crippen molar-refractivity contribution in [1.82, 2.24) is 9.78 Å². The highest BCUT2D eigenvalue weighted by atomic mass is 16.6. The number of aromatic nitrogens is 2. The van der Waals surface area contributed by atoms with E-state index in [2.05, 4.69) is 16.9 Å². The van der Waals surface area contributed by atoms with E-state index in [9.17, 15) is 9.59 Å². The Morgan fingerprint density at radius 2 is 1.86 bits per heavy atom. The van der Waals surface area contributed by atoms with Crippen LogP contribution in [0.1, 0.15) is 25.3 Å². The van der Waals surface area contributed by atoms with Gasteiger partial charge in [0.05, 0.1) is 0 Å². The molecule has 2 aromatic rings. The summed E-state index contributed by atoms with van der Waals surface area (Å²) in [6.45, 7) is 5.11. The van der Waals surface area contributed by atoms with Gasteiger partial charge in [0.1, 0.15) is 25.6 Å². The first kappa shape index (κ1) is 18.5. The fourth-order valence-electron chi connectivity index (χ4n) is 3.61. The van der Waals surface area contributed by atoms with E-state index in [1.54, 1.807) is 6.07 Å². The summed E-state index contributed by atoms with van der Waals surface area (Å²) in [6.07, 6.45) is 2.45. The van der Waals surface area contributed by atoms with Crippen LogP contribution in [0.2, 0.25) is 0 Å². The standard InChI is InChI=1S/C21H25N3O4/c1-15-6-8-23(9-7-15)20-4-5-21(26)24(22-20)14-17(25)12-16-2-3-18-19(13-16)28-11-10-27-18/h2-5,13,15H,6-12,14H2,1H3. The maximum absolute atomic E-state index is 12.5. The Morgan fingerprint density at radius 3 is 2.64 bits per heavy atom. The van der Waals surface area contributed by atoms with Gasteiger partial charge in [-0.1, -0.05) is 13.0 Å². The number of piperidine rings is 1. The van der Waals surface area contributed by atoms with Crippen molar-refractivity contribution in [2.75, 3.05) is 31.2 Å². The molecular weight excluding hydrogens is 358 g/mol. The third-order valence-corrected chi connectivity index (χ3v) is 5.29. The van der Waals surface area contributed by atoms with Gasteiger partial charge in [0.2, 0.25) is 0 Å². The van der Waals surface area contributed by atoms with Crippen molar-refractivity contribution in [2.45, 2.75) is 32.7 Å². The third-order valence-electron chi connectivity index (χ3n) is 5.29. The lowest BCUT2D eigenvalue weighted by atomic mass is 9.99. The Kier molecular flexibility index (Phi) is 5.32. The number of Topliss-reactive ketones (excluding diaryl/α,β-unsaturated/α-hetero) is 1. The normalized spacial score (nSPS) is 16.8. The first-order valence-corrected chi connectivity index (χ1v) is 9.82. The molecule has 1 aromatic carbocycles. The molecule has 2 aliphatic heterocycles. The first-order valence-electron chi connectivity index (χ1n) is 9.82. The van der Waals surface area contributed by atoms with Crippen LogP contribution in [0, 0.1) is 5.92 Å². The van der Waals surface area contributed by atoms with Crippen LogP contribution in [0.25, 0.3) is 0 Å². The van der Waals surface area contributed by atoms with Gasteiger partial charge >= 0.3 is 0 Å². The molecule has 0 aliphatic carbocycles. The van der Waals surface area contributed by atoms with Crippen LogP contribution < -0.4 is 19.9 Å². The summed E-state index contributed by atoms with van der Waals surface area (Å²) in [5, 5.41) is 4.44. The second-order valence-electron chi connectivity index (χ2n) is 7.55. The van der Waals surface area contributed by atoms with Crippen LogP contribution in [-0.2, 0) is 17.8 Å². The van der Waals surface area contributed by atoms with Gasteiger partial charge in [-0.3, -0.25) is 9.59 Å². The van der Waals surface area contributed by atoms with Crippen LogP contribution in [0.3, 0.4) is 0 Å². The van der Waals surface area contributed by atoms with E-state index in [4.69, 9.17) is 9.47 Å². The SMILES string of the molecule is CC1CCN(c2ccc(=O)n(CC(=O)Cc3ccc4c(c3)OCCO4)n2)CC1. The lowest BCUT2D eigenvalue weighted by Gasteiger charge is -2.31. The van der Waals surface area contributed by atoms with Crippen molar-refractivity contribution in [1.29, 1.82) is 0 Å². The Hall–Kier alpha value is -2.83. The number of benzene rings is 1. The molecule has 0 radical (unpaired) electrons. The summed E-state index contributed by atoms with van der Waals surface area (Å²) in [6, 6.07) is 8.75. The van der Waals surface area contributed by atoms with Gasteiger partial charge in [0.25, 0.3) is 5.56 Å². The minimum Gasteiger partial charge on any atom is -0.486 e. The molecule has 0 spiro atoms. The number of nitrogens with zero attached hydrogens (tertiary/aromatic N) is 3. The zero-order valence-corrected chi connectivity index (χ0v) is 16.1. The van der Waals surface area contributed by atoms with E-state index in [1.807, 2.05) is 18.2 Å². The molecule has 148 valence electrons. The van der Waals surface area contributed by atoms with Gasteiger partial charge in [0.15, 0.2) is 17.3 Å². The summed E-state index contributed by atoms with van der Waals surface area (Å²) in [5.41, 5.74) is 0.577. The van der Waals surface area contributed by atoms with Crippen molar-refractivity contribution in [3.05, 3.63) is 46.2 Å². The van der Waals surface area contributed by atoms with E-state index >= 15 is 0 Å². The number of ether oxygens (including phenoxy) is 2. The fourth-order valence-corrected chi connectivity index (χ4v) is 3.61. The Balaban J connectivity index is 1.44. The molecule has 4 rings (SSSR count). The van der Waals surface area contributed by atoms with E-state index in [0.717, 1.165) is 43.2 Å². The highest BCUT2D eigenvalue weighted by Crippen LogP contribution is 2.30. The fraction of sp³-hybridized carbons (Fsp3) is 0.476. The van der Waals surface area contributed by atoms with E-state index in [0.29, 0.717) is 24.7 Å². The van der Waals surface area contributed by atoms with Crippen LogP contribution in [-0.4, -0.2) is 41.9 Å². The van der Waals surface area contributed by atoms with Gasteiger partial charge in [-0.05, 0) is 42.5 Å². The highest BCUT2D eigenvalue weighted by molar-refractivity contribution is 5.80. The minimum atomic E-state index is -0.260. The number of fused-ring (bicyclic) bond motifs is 1. The zero-order valence-electron chi connectivity index (χ0n) is 16.1. The van der Waals surface area contributed by atoms with Crippen molar-refractivity contribution in [3.8, 4) is 11.5 Å². The molecule has 1 saturated heterocycles. The van der Waals surface area contributed by atoms with Gasteiger partial charge in [-0.2, -0.15) is 5.10 Å². The molecule has 3 heterocycles. The topological polar surface area (TPSA) is 73.7 Å². The third kappa shape index (κ3) is 4.18. The predicted molar refractivity (Wildman–Crippen MR) is 105 cm³/mol. The zero-order chi connectivity index (χ0) is 19.5. The molecule has 0 saturated carbocycles. The molecule has 1 aromatic heterocycles. The largest absolute Gasteiger partial charge is 0.486 e. The van der Waals surface area contributed by atoms with Crippen LogP contribution in [0.5, 0.6) is 11.5 Å². The summed E-state index contributed by atoms with van der Waals surface area (Å²) >= 11 is 0. The molecule has 7 nitrogen and oxygen atoms in total. The van der Waals surface area contributed by atoms with Crippen LogP contribution in [0.4, 0.5) is 5.82 Å². The summed E-state index contributed by atoms with van der Waals surface area (Å²) in [5.74, 6) is 2.76. The minimum absolute atomic E-state index is 0.0364. The van der Waals surface area contributed by atoms with Crippen molar-refractivity contribution < 1.29 is 14.3 Å². The van der Waals surface area contributed by atoms with Crippen molar-refractivity contribution in [2.24, 2.45) is 5.92 Å². The quantitative estimate of drug-likeness (QED) is 0.787. The number of ketones is 1. The summed E-state index contributed by atoms with van der Waals surface area (Å²) < 4.78 is 12.3. The number of hydrogen-bond donors (Lipinski definition) is 0. The predicted octanol–water partition coefficient (Wildman–Crippen LogP) is 2.06. The monoisotopic (exact) mass is 383 g/mol. The molecule has 0 unspecified atom stereocenters. The van der Waals surface area contributed by atoms with Crippen molar-refractivity contribution >= 4 is 11.6 Å². The molecular formula is C21H25N3O4. The lowest BCUT2D eigenvalue weighted by Crippen LogP contribution is -2.36. The Bertz CT molecular complexity index is 916. The number of hydrogen-bond acceptors (Lipinski definition) is 6. The molecule has 1 fully saturated rings. The summed E-state index contributed by atoms with van der Waals surface area (Å²) in [7, 11) is 0. The van der Waals surface area contributed by atoms with Crippen LogP contribution in [0.15, 0.2) is 35.1 Å². The van der Waals surface area contributed by atoms with E-state index in [-0.39, 0.29) is 24.3 Å². The molecule has 2 aliphatic rings. The molecule has 28 heavy (non-hydrogen) atoms. The maximum atomic E-state index is 12.5. The number of carbonyl (C=O) groups excluding carboxylic acids is 1. The second-order valence-corrected chi connectivity index (χ2v) is 7.55. The number of carbonyl (C=O) groups is 1. The molecule has 0 N–H and O–H groups in total. The molecule has 0 atom stereocenters. The Labute approximate surface area is 163 Å². The summed E-state index contributed by atoms with van der Waals surface area (Å²) in [4.78, 5) is 26.9. The smallest absolute Gasteiger partial charge is 0.267 e. The average molecular weight is 383 g/mol. The lowest BCUT2D eigenvalue weighted by molar-refractivity contribution is -0.119. The molecule has 0 bridgehead atoms. The van der Waals surface area contributed by atoms with Gasteiger partial charge < -0.3 is 14.4 Å². The molecule has 7 heteroatoms. The maximum Gasteiger partial charge on any atom is 0.267 e. The van der Waals surface area contributed by atoms with Gasteiger partial charge in [-0.15, -0.1) is 0 Å². The first-order chi connectivity index (χ1) is 13.6. The van der Waals surface area contributed by atoms with Crippen LogP contribution >= 0.6 is 0 Å². The highest BCUT2D eigenvalue weighted by Gasteiger charge is 2.18. The van der Waals surface area contributed by atoms with E-state index in [1.165, 1.54) is 10.7 Å². The van der Waals surface area contributed by atoms with E-state index < -0.39 is 0 Å².